The Morgan fingerprint density at radius 2 is 1.00 bits per heavy atom. The van der Waals surface area contributed by atoms with Crippen molar-refractivity contribution in [2.75, 3.05) is 13.2 Å². The van der Waals surface area contributed by atoms with Crippen molar-refractivity contribution in [3.05, 3.63) is 0 Å². The molecular weight excluding hydrogens is 355 g/mol. The molecule has 0 fully saturated rings. The zero-order chi connectivity index (χ0) is 17.4. The maximum Gasteiger partial charge on any atom is 2.00 e. The van der Waals surface area contributed by atoms with E-state index in [1.54, 1.807) is 0 Å². The normalized spacial score (nSPS) is 8.78. The van der Waals surface area contributed by atoms with E-state index in [1.165, 1.54) is 0 Å². The molecule has 9 heteroatoms. The molecule has 8 nitrogen and oxygen atoms in total. The van der Waals surface area contributed by atoms with Crippen molar-refractivity contribution in [1.29, 1.82) is 0 Å². The molecule has 23 heavy (non-hydrogen) atoms. The molecule has 1 radical (unpaired) electrons. The van der Waals surface area contributed by atoms with Crippen LogP contribution in [0.1, 0.15) is 52.4 Å². The van der Waals surface area contributed by atoms with Crippen LogP contribution in [-0.4, -0.2) is 37.1 Å². The van der Waals surface area contributed by atoms with E-state index in [9.17, 15) is 29.4 Å². The van der Waals surface area contributed by atoms with Gasteiger partial charge in [0.25, 0.3) is 0 Å². The zero-order valence-electron chi connectivity index (χ0n) is 13.3. The van der Waals surface area contributed by atoms with Crippen LogP contribution < -0.4 is 10.2 Å². The van der Waals surface area contributed by atoms with Crippen LogP contribution in [0.2, 0.25) is 0 Å². The Kier molecular flexibility index (Phi) is 21.1. The number of ether oxygens (including phenoxy) is 2. The Balaban J connectivity index is -0.000000333. The molecule has 0 saturated heterocycles. The van der Waals surface area contributed by atoms with Crippen LogP contribution in [0, 0.1) is 0 Å². The number of aliphatic carboxylic acids is 2. The Labute approximate surface area is 145 Å². The van der Waals surface area contributed by atoms with Gasteiger partial charge in [0.1, 0.15) is 0 Å². The Morgan fingerprint density at radius 3 is 1.22 bits per heavy atom. The average molecular weight is 377 g/mol. The molecular formula is C14H22CoO8. The Morgan fingerprint density at radius 1 is 0.696 bits per heavy atom. The SMILES string of the molecule is CCCC(=O)OCCC(=O)[O-].CCCC(=O)OCCC(=O)[O-].[Co+2]. The molecule has 0 amide bonds. The molecule has 0 saturated carbocycles. The van der Waals surface area contributed by atoms with Gasteiger partial charge in [0, 0.05) is 37.6 Å². The number of carbonyl (C=O) groups is 4. The molecule has 0 N–H and O–H groups in total. The third kappa shape index (κ3) is 25.7. The van der Waals surface area contributed by atoms with Crippen molar-refractivity contribution < 1.29 is 55.6 Å². The number of esters is 2. The second-order valence-electron chi connectivity index (χ2n) is 4.18. The summed E-state index contributed by atoms with van der Waals surface area (Å²) in [6, 6.07) is 0. The largest absolute Gasteiger partial charge is 2.00 e. The predicted molar refractivity (Wildman–Crippen MR) is 71.0 cm³/mol. The molecule has 0 bridgehead atoms. The summed E-state index contributed by atoms with van der Waals surface area (Å²) in [6.07, 6.45) is 1.65. The molecule has 0 aliphatic carbocycles. The van der Waals surface area contributed by atoms with Gasteiger partial charge in [-0.25, -0.2) is 0 Å². The first kappa shape index (κ1) is 26.3. The van der Waals surface area contributed by atoms with E-state index < -0.39 is 11.9 Å². The summed E-state index contributed by atoms with van der Waals surface area (Å²) in [5.41, 5.74) is 0. The van der Waals surface area contributed by atoms with Gasteiger partial charge in [-0.05, 0) is 12.8 Å². The molecule has 0 atom stereocenters. The Hall–Kier alpha value is -1.61. The van der Waals surface area contributed by atoms with Gasteiger partial charge in [-0.3, -0.25) is 9.59 Å². The van der Waals surface area contributed by atoms with E-state index in [1.807, 2.05) is 13.8 Å². The Bertz CT molecular complexity index is 323. The minimum atomic E-state index is -1.20. The van der Waals surface area contributed by atoms with Crippen LogP contribution in [0.25, 0.3) is 0 Å². The summed E-state index contributed by atoms with van der Waals surface area (Å²) in [4.78, 5) is 40.9. The summed E-state index contributed by atoms with van der Waals surface area (Å²) < 4.78 is 9.07. The molecule has 0 unspecified atom stereocenters. The van der Waals surface area contributed by atoms with Gasteiger partial charge in [-0.15, -0.1) is 0 Å². The van der Waals surface area contributed by atoms with E-state index >= 15 is 0 Å². The fourth-order valence-electron chi connectivity index (χ4n) is 1.05. The molecule has 0 aliphatic heterocycles. The minimum Gasteiger partial charge on any atom is -0.550 e. The second kappa shape index (κ2) is 18.4. The maximum absolute atomic E-state index is 10.6. The number of carbonyl (C=O) groups excluding carboxylic acids is 4. The standard InChI is InChI=1S/2C7H12O4.Co/c2*1-2-3-7(10)11-5-4-6(8)9;/h2*2-5H2,1H3,(H,8,9);/q;;+2/p-2. The summed E-state index contributed by atoms with van der Waals surface area (Å²) in [5.74, 6) is -3.11. The van der Waals surface area contributed by atoms with Crippen LogP contribution in [0.15, 0.2) is 0 Å². The van der Waals surface area contributed by atoms with E-state index in [-0.39, 0.29) is 54.8 Å². The predicted octanol–water partition coefficient (Wildman–Crippen LogP) is -1.06. The van der Waals surface area contributed by atoms with Gasteiger partial charge in [-0.1, -0.05) is 13.8 Å². The summed E-state index contributed by atoms with van der Waals surface area (Å²) in [7, 11) is 0. The first-order valence-corrected chi connectivity index (χ1v) is 7.04. The maximum atomic E-state index is 10.6. The van der Waals surface area contributed by atoms with Gasteiger partial charge >= 0.3 is 28.7 Å². The van der Waals surface area contributed by atoms with Crippen molar-refractivity contribution in [2.24, 2.45) is 0 Å². The van der Waals surface area contributed by atoms with Gasteiger partial charge in [-0.2, -0.15) is 0 Å². The molecule has 0 aromatic heterocycles. The fourth-order valence-corrected chi connectivity index (χ4v) is 1.05. The van der Waals surface area contributed by atoms with Crippen LogP contribution >= 0.6 is 0 Å². The molecule has 0 aliphatic rings. The number of carboxylic acids is 2. The third-order valence-electron chi connectivity index (χ3n) is 2.05. The molecule has 0 rings (SSSR count). The van der Waals surface area contributed by atoms with E-state index in [2.05, 4.69) is 9.47 Å². The van der Waals surface area contributed by atoms with Crippen LogP contribution in [0.4, 0.5) is 0 Å². The summed E-state index contributed by atoms with van der Waals surface area (Å²) >= 11 is 0. The van der Waals surface area contributed by atoms with Crippen LogP contribution in [0.5, 0.6) is 0 Å². The zero-order valence-corrected chi connectivity index (χ0v) is 14.3. The minimum absolute atomic E-state index is 0. The van der Waals surface area contributed by atoms with Crippen molar-refractivity contribution in [1.82, 2.24) is 0 Å². The topological polar surface area (TPSA) is 133 Å². The van der Waals surface area contributed by atoms with Gasteiger partial charge in [0.05, 0.1) is 13.2 Å². The summed E-state index contributed by atoms with van der Waals surface area (Å²) in [5, 5.41) is 19.7. The molecule has 135 valence electrons. The van der Waals surface area contributed by atoms with Crippen molar-refractivity contribution in [3.8, 4) is 0 Å². The third-order valence-corrected chi connectivity index (χ3v) is 2.05. The van der Waals surface area contributed by atoms with E-state index in [4.69, 9.17) is 0 Å². The van der Waals surface area contributed by atoms with Crippen molar-refractivity contribution in [2.45, 2.75) is 52.4 Å². The number of rotatable bonds is 10. The number of hydrogen-bond acceptors (Lipinski definition) is 8. The smallest absolute Gasteiger partial charge is 0.550 e. The van der Waals surface area contributed by atoms with E-state index in [0.29, 0.717) is 25.7 Å². The number of carboxylic acid groups (broad SMARTS) is 2. The van der Waals surface area contributed by atoms with Crippen LogP contribution in [-0.2, 0) is 45.4 Å². The first-order valence-electron chi connectivity index (χ1n) is 7.04. The monoisotopic (exact) mass is 377 g/mol. The van der Waals surface area contributed by atoms with Gasteiger partial charge in [0.15, 0.2) is 0 Å². The van der Waals surface area contributed by atoms with Crippen molar-refractivity contribution in [3.63, 3.8) is 0 Å². The van der Waals surface area contributed by atoms with Crippen LogP contribution in [0.3, 0.4) is 0 Å². The molecule has 0 aromatic carbocycles. The quantitative estimate of drug-likeness (QED) is 0.440. The van der Waals surface area contributed by atoms with Gasteiger partial charge in [0.2, 0.25) is 0 Å². The average Bonchev–Trinajstić information content (AvgIpc) is 2.39. The molecule has 0 heterocycles. The van der Waals surface area contributed by atoms with E-state index in [0.717, 1.165) is 0 Å². The first-order chi connectivity index (χ1) is 10.3. The molecule has 0 aromatic rings. The summed E-state index contributed by atoms with van der Waals surface area (Å²) in [6.45, 7) is 3.53. The molecule has 0 spiro atoms. The fraction of sp³-hybridized carbons (Fsp3) is 0.714. The van der Waals surface area contributed by atoms with Gasteiger partial charge < -0.3 is 29.3 Å². The second-order valence-corrected chi connectivity index (χ2v) is 4.18. The van der Waals surface area contributed by atoms with Crippen molar-refractivity contribution >= 4 is 23.9 Å². The number of hydrogen-bond donors (Lipinski definition) is 0.